The first-order chi connectivity index (χ1) is 14.8. The molecule has 3 heterocycles. The van der Waals surface area contributed by atoms with Gasteiger partial charge in [0.1, 0.15) is 17.0 Å². The Hall–Kier alpha value is -3.72. The second-order valence-electron chi connectivity index (χ2n) is 7.49. The molecule has 1 aliphatic rings. The van der Waals surface area contributed by atoms with Crippen LogP contribution in [-0.4, -0.2) is 24.1 Å². The number of carbonyl (C=O) groups excluding carboxylic acids is 1. The van der Waals surface area contributed by atoms with E-state index >= 15 is 0 Å². The number of hydrogen-bond donors (Lipinski definition) is 1. The third kappa shape index (κ3) is 3.42. The van der Waals surface area contributed by atoms with Crippen LogP contribution in [0.4, 0.5) is 5.82 Å². The Morgan fingerprint density at radius 3 is 2.61 bits per heavy atom. The zero-order valence-corrected chi connectivity index (χ0v) is 17.3. The molecule has 156 valence electrons. The molecule has 1 aliphatic heterocycles. The number of hydrogen-bond acceptors (Lipinski definition) is 6. The van der Waals surface area contributed by atoms with Gasteiger partial charge in [0.25, 0.3) is 5.91 Å². The number of anilines is 1. The standard InChI is InChI=1S/C22H17N3O5S/c1-13-6-8-15(9-7-13)25-20(17-11-31(28,29)12-18(17)24-25)23-21(26)16-10-14-4-2-3-5-19(14)30-22(16)27/h2-10H,11-12H2,1H3,(H,23,26). The van der Waals surface area contributed by atoms with E-state index in [0.717, 1.165) is 5.56 Å². The minimum absolute atomic E-state index is 0.176. The van der Waals surface area contributed by atoms with Crippen LogP contribution in [-0.2, 0) is 21.3 Å². The highest BCUT2D eigenvalue weighted by Crippen LogP contribution is 2.33. The fourth-order valence-corrected chi connectivity index (χ4v) is 5.13. The average molecular weight is 435 g/mol. The molecule has 1 amide bonds. The Bertz CT molecular complexity index is 1520. The molecule has 0 aliphatic carbocycles. The van der Waals surface area contributed by atoms with E-state index in [4.69, 9.17) is 4.42 Å². The van der Waals surface area contributed by atoms with Crippen LogP contribution in [0.1, 0.15) is 27.2 Å². The summed E-state index contributed by atoms with van der Waals surface area (Å²) in [4.78, 5) is 25.4. The third-order valence-corrected chi connectivity index (χ3v) is 6.63. The van der Waals surface area contributed by atoms with E-state index in [1.165, 1.54) is 10.7 Å². The number of aromatic nitrogens is 2. The minimum atomic E-state index is -3.34. The number of nitrogens with zero attached hydrogens (tertiary/aromatic N) is 2. The topological polar surface area (TPSA) is 111 Å². The van der Waals surface area contributed by atoms with Crippen molar-refractivity contribution in [1.29, 1.82) is 0 Å². The van der Waals surface area contributed by atoms with E-state index in [1.807, 2.05) is 31.2 Å². The summed E-state index contributed by atoms with van der Waals surface area (Å²) in [6.07, 6.45) is 0. The summed E-state index contributed by atoms with van der Waals surface area (Å²) >= 11 is 0. The van der Waals surface area contributed by atoms with Crippen molar-refractivity contribution in [2.24, 2.45) is 0 Å². The van der Waals surface area contributed by atoms with Crippen molar-refractivity contribution in [3.8, 4) is 5.69 Å². The Kier molecular flexibility index (Phi) is 4.30. The van der Waals surface area contributed by atoms with Crippen molar-refractivity contribution in [3.05, 3.63) is 87.4 Å². The summed E-state index contributed by atoms with van der Waals surface area (Å²) in [5.74, 6) is -0.879. The molecule has 0 saturated heterocycles. The number of sulfone groups is 1. The van der Waals surface area contributed by atoms with E-state index in [-0.39, 0.29) is 22.9 Å². The lowest BCUT2D eigenvalue weighted by molar-refractivity contribution is 0.102. The van der Waals surface area contributed by atoms with Gasteiger partial charge in [0.15, 0.2) is 9.84 Å². The van der Waals surface area contributed by atoms with Gasteiger partial charge in [-0.2, -0.15) is 5.10 Å². The molecule has 2 aromatic carbocycles. The van der Waals surface area contributed by atoms with E-state index in [9.17, 15) is 18.0 Å². The normalized spacial score (nSPS) is 14.5. The molecular weight excluding hydrogens is 418 g/mol. The fraction of sp³-hybridized carbons (Fsp3) is 0.136. The highest BCUT2D eigenvalue weighted by Gasteiger charge is 2.33. The number of carbonyl (C=O) groups is 1. The van der Waals surface area contributed by atoms with Crippen LogP contribution >= 0.6 is 0 Å². The molecule has 2 aromatic heterocycles. The molecule has 0 radical (unpaired) electrons. The second kappa shape index (κ2) is 6.92. The zero-order chi connectivity index (χ0) is 21.8. The van der Waals surface area contributed by atoms with Gasteiger partial charge in [-0.1, -0.05) is 35.9 Å². The molecule has 4 aromatic rings. The van der Waals surface area contributed by atoms with Crippen LogP contribution in [0.3, 0.4) is 0 Å². The van der Waals surface area contributed by atoms with Crippen LogP contribution in [0.15, 0.2) is 63.8 Å². The maximum atomic E-state index is 13.0. The average Bonchev–Trinajstić information content (AvgIpc) is 3.20. The van der Waals surface area contributed by atoms with Gasteiger partial charge in [0.05, 0.1) is 22.9 Å². The number of benzene rings is 2. The van der Waals surface area contributed by atoms with Crippen LogP contribution in [0, 0.1) is 6.92 Å². The van der Waals surface area contributed by atoms with Gasteiger partial charge in [0.2, 0.25) is 0 Å². The molecule has 31 heavy (non-hydrogen) atoms. The largest absolute Gasteiger partial charge is 0.422 e. The number of rotatable bonds is 3. The van der Waals surface area contributed by atoms with Crippen molar-refractivity contribution < 1.29 is 17.6 Å². The number of amides is 1. The predicted octanol–water partition coefficient (Wildman–Crippen LogP) is 2.97. The predicted molar refractivity (Wildman–Crippen MR) is 115 cm³/mol. The smallest absolute Gasteiger partial charge is 0.349 e. The molecule has 0 bridgehead atoms. The van der Waals surface area contributed by atoms with Gasteiger partial charge in [-0.3, -0.25) is 4.79 Å². The maximum Gasteiger partial charge on any atom is 0.349 e. The first-order valence-electron chi connectivity index (χ1n) is 9.53. The van der Waals surface area contributed by atoms with Gasteiger partial charge in [-0.25, -0.2) is 17.9 Å². The Balaban J connectivity index is 1.60. The molecule has 0 atom stereocenters. The monoisotopic (exact) mass is 435 g/mol. The van der Waals surface area contributed by atoms with Gasteiger partial charge < -0.3 is 9.73 Å². The van der Waals surface area contributed by atoms with Crippen molar-refractivity contribution in [2.45, 2.75) is 18.4 Å². The van der Waals surface area contributed by atoms with Crippen molar-refractivity contribution in [1.82, 2.24) is 9.78 Å². The molecule has 0 fully saturated rings. The van der Waals surface area contributed by atoms with Gasteiger partial charge >= 0.3 is 5.63 Å². The lowest BCUT2D eigenvalue weighted by Crippen LogP contribution is -2.23. The van der Waals surface area contributed by atoms with Crippen molar-refractivity contribution in [3.63, 3.8) is 0 Å². The molecule has 1 N–H and O–H groups in total. The summed E-state index contributed by atoms with van der Waals surface area (Å²) in [5, 5.41) is 7.73. The van der Waals surface area contributed by atoms with Crippen molar-refractivity contribution in [2.75, 3.05) is 5.32 Å². The molecule has 0 saturated carbocycles. The zero-order valence-electron chi connectivity index (χ0n) is 16.5. The SMILES string of the molecule is Cc1ccc(-n2nc3c(c2NC(=O)c2cc4ccccc4oc2=O)CS(=O)(=O)C3)cc1. The first-order valence-corrected chi connectivity index (χ1v) is 11.4. The van der Waals surface area contributed by atoms with Crippen LogP contribution in [0.2, 0.25) is 0 Å². The van der Waals surface area contributed by atoms with Crippen LogP contribution in [0.25, 0.3) is 16.7 Å². The van der Waals surface area contributed by atoms with E-state index < -0.39 is 21.4 Å². The Labute approximate surface area is 177 Å². The number of para-hydroxylation sites is 1. The minimum Gasteiger partial charge on any atom is -0.422 e. The molecular formula is C22H17N3O5S. The number of aryl methyl sites for hydroxylation is 1. The first kappa shape index (κ1) is 19.3. The quantitative estimate of drug-likeness (QED) is 0.495. The van der Waals surface area contributed by atoms with Gasteiger partial charge in [0, 0.05) is 10.9 Å². The molecule has 0 unspecified atom stereocenters. The Morgan fingerprint density at radius 1 is 1.10 bits per heavy atom. The van der Waals surface area contributed by atoms with E-state index in [0.29, 0.717) is 27.9 Å². The van der Waals surface area contributed by atoms with Crippen molar-refractivity contribution >= 4 is 32.5 Å². The van der Waals surface area contributed by atoms with E-state index in [1.54, 1.807) is 24.3 Å². The lowest BCUT2D eigenvalue weighted by atomic mass is 10.1. The van der Waals surface area contributed by atoms with E-state index in [2.05, 4.69) is 10.4 Å². The highest BCUT2D eigenvalue weighted by molar-refractivity contribution is 7.90. The summed E-state index contributed by atoms with van der Waals surface area (Å²) < 4.78 is 31.0. The summed E-state index contributed by atoms with van der Waals surface area (Å²) in [6, 6.07) is 15.8. The number of nitrogens with one attached hydrogen (secondary N) is 1. The fourth-order valence-electron chi connectivity index (χ4n) is 3.64. The summed E-state index contributed by atoms with van der Waals surface area (Å²) in [6.45, 7) is 1.95. The second-order valence-corrected chi connectivity index (χ2v) is 9.56. The lowest BCUT2D eigenvalue weighted by Gasteiger charge is -2.11. The summed E-state index contributed by atoms with van der Waals surface area (Å²) in [5.41, 5.74) is 1.96. The molecule has 8 nitrogen and oxygen atoms in total. The molecule has 0 spiro atoms. The summed E-state index contributed by atoms with van der Waals surface area (Å²) in [7, 11) is -3.34. The van der Waals surface area contributed by atoms with Crippen LogP contribution in [0.5, 0.6) is 0 Å². The molecule has 9 heteroatoms. The third-order valence-electron chi connectivity index (χ3n) is 5.18. The molecule has 5 rings (SSSR count). The maximum absolute atomic E-state index is 13.0. The number of fused-ring (bicyclic) bond motifs is 2. The van der Waals surface area contributed by atoms with Gasteiger partial charge in [-0.15, -0.1) is 0 Å². The Morgan fingerprint density at radius 2 is 1.84 bits per heavy atom. The highest BCUT2D eigenvalue weighted by atomic mass is 32.2. The van der Waals surface area contributed by atoms with Crippen LogP contribution < -0.4 is 10.9 Å². The van der Waals surface area contributed by atoms with Gasteiger partial charge in [-0.05, 0) is 31.2 Å².